The van der Waals surface area contributed by atoms with Crippen molar-refractivity contribution in [1.29, 1.82) is 0 Å². The number of Topliss-reactive ketones (excluding diaryl/α,β-unsaturated/α-hetero) is 1. The summed E-state index contributed by atoms with van der Waals surface area (Å²) in [6.45, 7) is 3.89. The van der Waals surface area contributed by atoms with Gasteiger partial charge in [-0.3, -0.25) is 14.6 Å². The van der Waals surface area contributed by atoms with E-state index in [1.807, 2.05) is 50.2 Å². The summed E-state index contributed by atoms with van der Waals surface area (Å²) in [5.41, 5.74) is 4.81. The van der Waals surface area contributed by atoms with E-state index >= 15 is 0 Å². The number of amides is 1. The molecule has 2 atom stereocenters. The molecule has 0 aromatic heterocycles. The number of para-hydroxylation sites is 2. The smallest absolute Gasteiger partial charge is 0.254 e. The van der Waals surface area contributed by atoms with Crippen LogP contribution in [-0.4, -0.2) is 24.5 Å². The van der Waals surface area contributed by atoms with Gasteiger partial charge in [-0.25, -0.2) is 0 Å². The third-order valence-corrected chi connectivity index (χ3v) is 6.03. The van der Waals surface area contributed by atoms with Crippen LogP contribution in [0.4, 0.5) is 5.69 Å². The van der Waals surface area contributed by atoms with Crippen molar-refractivity contribution < 1.29 is 14.3 Å². The van der Waals surface area contributed by atoms with Crippen LogP contribution >= 0.6 is 0 Å². The fourth-order valence-corrected chi connectivity index (χ4v) is 4.63. The van der Waals surface area contributed by atoms with Gasteiger partial charge in [0.15, 0.2) is 0 Å². The van der Waals surface area contributed by atoms with Crippen LogP contribution in [-0.2, 0) is 9.59 Å². The van der Waals surface area contributed by atoms with Crippen molar-refractivity contribution in [2.45, 2.75) is 39.0 Å². The Morgan fingerprint density at radius 2 is 1.77 bits per heavy atom. The summed E-state index contributed by atoms with van der Waals surface area (Å²) < 4.78 is 5.38. The number of allylic oxidation sites excluding steroid dienone is 1. The fourth-order valence-electron chi connectivity index (χ4n) is 4.63. The lowest BCUT2D eigenvalue weighted by molar-refractivity contribution is -0.122. The van der Waals surface area contributed by atoms with Gasteiger partial charge in [0.1, 0.15) is 11.5 Å². The Bertz CT molecular complexity index is 1070. The molecule has 0 bridgehead atoms. The summed E-state index contributed by atoms with van der Waals surface area (Å²) >= 11 is 0. The Hall–Kier alpha value is -3.21. The number of ether oxygens (including phenoxy) is 1. The van der Waals surface area contributed by atoms with Gasteiger partial charge < -0.3 is 10.1 Å². The number of nitrogens with zero attached hydrogens (tertiary/aromatic N) is 1. The predicted molar refractivity (Wildman–Crippen MR) is 118 cm³/mol. The SMILES string of the molecule is COc1ccccc1NC(=O)C1=C(C)N=C2CCCC(=O)C2[C@H]1c1ccccc1C. The van der Waals surface area contributed by atoms with E-state index in [1.165, 1.54) is 0 Å². The number of anilines is 1. The maximum Gasteiger partial charge on any atom is 0.254 e. The number of methoxy groups -OCH3 is 1. The van der Waals surface area contributed by atoms with Gasteiger partial charge in [-0.15, -0.1) is 0 Å². The highest BCUT2D eigenvalue weighted by atomic mass is 16.5. The first kappa shape index (κ1) is 20.1. The summed E-state index contributed by atoms with van der Waals surface area (Å²) in [5.74, 6) is -0.191. The molecule has 0 saturated heterocycles. The van der Waals surface area contributed by atoms with Crippen LogP contribution in [0.2, 0.25) is 0 Å². The van der Waals surface area contributed by atoms with E-state index in [-0.39, 0.29) is 23.5 Å². The lowest BCUT2D eigenvalue weighted by Crippen LogP contribution is -2.40. The minimum atomic E-state index is -0.373. The number of aryl methyl sites for hydroxylation is 1. The van der Waals surface area contributed by atoms with E-state index in [0.717, 1.165) is 29.7 Å². The van der Waals surface area contributed by atoms with Crippen molar-refractivity contribution in [3.05, 3.63) is 70.9 Å². The summed E-state index contributed by atoms with van der Waals surface area (Å²) in [4.78, 5) is 31.2. The van der Waals surface area contributed by atoms with E-state index in [0.29, 0.717) is 29.1 Å². The molecule has 30 heavy (non-hydrogen) atoms. The summed E-state index contributed by atoms with van der Waals surface area (Å²) in [7, 11) is 1.57. The molecule has 0 spiro atoms. The molecule has 2 aliphatic rings. The van der Waals surface area contributed by atoms with Crippen molar-refractivity contribution >= 4 is 23.1 Å². The number of ketones is 1. The Labute approximate surface area is 176 Å². The molecule has 1 aliphatic heterocycles. The van der Waals surface area contributed by atoms with Crippen LogP contribution in [0, 0.1) is 12.8 Å². The number of hydrogen-bond acceptors (Lipinski definition) is 4. The molecule has 2 aromatic rings. The van der Waals surface area contributed by atoms with E-state index in [4.69, 9.17) is 9.73 Å². The molecular weight excluding hydrogens is 376 g/mol. The highest BCUT2D eigenvalue weighted by Crippen LogP contribution is 2.44. The molecule has 4 rings (SSSR count). The maximum absolute atomic E-state index is 13.5. The minimum absolute atomic E-state index is 0.170. The highest BCUT2D eigenvalue weighted by molar-refractivity contribution is 6.14. The van der Waals surface area contributed by atoms with E-state index < -0.39 is 0 Å². The third kappa shape index (κ3) is 3.56. The second kappa shape index (κ2) is 8.27. The summed E-state index contributed by atoms with van der Waals surface area (Å²) in [6, 6.07) is 15.3. The molecule has 5 heteroatoms. The van der Waals surface area contributed by atoms with Crippen molar-refractivity contribution in [2.75, 3.05) is 12.4 Å². The first-order valence-corrected chi connectivity index (χ1v) is 10.3. The number of rotatable bonds is 4. The number of benzene rings is 2. The number of fused-ring (bicyclic) bond motifs is 1. The Morgan fingerprint density at radius 1 is 1.03 bits per heavy atom. The van der Waals surface area contributed by atoms with Gasteiger partial charge in [-0.2, -0.15) is 0 Å². The standard InChI is InChI=1S/C25H26N2O3/c1-15-9-4-5-10-17(15)23-22(16(2)26-19-12-8-13-20(28)24(19)23)25(29)27-18-11-6-7-14-21(18)30-3/h4-7,9-11,14,23-24H,8,12-13H2,1-3H3,(H,27,29)/t23-,24?/m0/s1. The van der Waals surface area contributed by atoms with Crippen molar-refractivity contribution in [1.82, 2.24) is 0 Å². The number of nitrogens with one attached hydrogen (secondary N) is 1. The van der Waals surface area contributed by atoms with Gasteiger partial charge in [0, 0.05) is 29.3 Å². The Kier molecular flexibility index (Phi) is 5.53. The molecule has 1 unspecified atom stereocenters. The molecular formula is C25H26N2O3. The lowest BCUT2D eigenvalue weighted by atomic mass is 9.68. The van der Waals surface area contributed by atoms with E-state index in [9.17, 15) is 9.59 Å². The third-order valence-electron chi connectivity index (χ3n) is 6.03. The molecule has 1 heterocycles. The predicted octanol–water partition coefficient (Wildman–Crippen LogP) is 4.82. The van der Waals surface area contributed by atoms with E-state index in [2.05, 4.69) is 5.32 Å². The minimum Gasteiger partial charge on any atom is -0.495 e. The number of carbonyl (C=O) groups is 2. The zero-order chi connectivity index (χ0) is 21.3. The van der Waals surface area contributed by atoms with Crippen LogP contribution in [0.1, 0.15) is 43.2 Å². The van der Waals surface area contributed by atoms with E-state index in [1.54, 1.807) is 19.2 Å². The van der Waals surface area contributed by atoms with Gasteiger partial charge in [-0.05, 0) is 49.9 Å². The van der Waals surface area contributed by atoms with Gasteiger partial charge >= 0.3 is 0 Å². The molecule has 1 N–H and O–H groups in total. The second-order valence-electron chi connectivity index (χ2n) is 7.89. The van der Waals surface area contributed by atoms with Crippen molar-refractivity contribution in [3.63, 3.8) is 0 Å². The molecule has 1 amide bonds. The van der Waals surface area contributed by atoms with Crippen molar-refractivity contribution in [2.24, 2.45) is 10.9 Å². The average molecular weight is 402 g/mol. The van der Waals surface area contributed by atoms with Crippen LogP contribution in [0.15, 0.2) is 64.8 Å². The largest absolute Gasteiger partial charge is 0.495 e. The first-order valence-electron chi connectivity index (χ1n) is 10.3. The summed E-state index contributed by atoms with van der Waals surface area (Å²) in [6.07, 6.45) is 2.16. The highest BCUT2D eigenvalue weighted by Gasteiger charge is 2.43. The molecule has 154 valence electrons. The molecule has 0 radical (unpaired) electrons. The molecule has 5 nitrogen and oxygen atoms in total. The lowest BCUT2D eigenvalue weighted by Gasteiger charge is -2.36. The van der Waals surface area contributed by atoms with Gasteiger partial charge in [0.25, 0.3) is 5.91 Å². The maximum atomic E-state index is 13.5. The fraction of sp³-hybridized carbons (Fsp3) is 0.320. The number of hydrogen-bond donors (Lipinski definition) is 1. The van der Waals surface area contributed by atoms with Crippen LogP contribution in [0.5, 0.6) is 5.75 Å². The number of carbonyl (C=O) groups excluding carboxylic acids is 2. The Morgan fingerprint density at radius 3 is 2.53 bits per heavy atom. The zero-order valence-electron chi connectivity index (χ0n) is 17.6. The molecule has 1 fully saturated rings. The zero-order valence-corrected chi connectivity index (χ0v) is 17.6. The first-order chi connectivity index (χ1) is 14.5. The molecule has 1 saturated carbocycles. The van der Waals surface area contributed by atoms with Crippen LogP contribution < -0.4 is 10.1 Å². The van der Waals surface area contributed by atoms with Gasteiger partial charge in [-0.1, -0.05) is 36.4 Å². The number of aliphatic imine (C=N–C) groups is 1. The quantitative estimate of drug-likeness (QED) is 0.797. The second-order valence-corrected chi connectivity index (χ2v) is 7.89. The average Bonchev–Trinajstić information content (AvgIpc) is 2.73. The topological polar surface area (TPSA) is 67.8 Å². The normalized spacial score (nSPS) is 21.0. The summed E-state index contributed by atoms with van der Waals surface area (Å²) in [5, 5.41) is 2.99. The van der Waals surface area contributed by atoms with Gasteiger partial charge in [0.2, 0.25) is 0 Å². The van der Waals surface area contributed by atoms with Crippen molar-refractivity contribution in [3.8, 4) is 5.75 Å². The monoisotopic (exact) mass is 402 g/mol. The van der Waals surface area contributed by atoms with Crippen LogP contribution in [0.25, 0.3) is 0 Å². The molecule has 1 aliphatic carbocycles. The Balaban J connectivity index is 1.82. The van der Waals surface area contributed by atoms with Crippen LogP contribution in [0.3, 0.4) is 0 Å². The molecule has 2 aromatic carbocycles. The van der Waals surface area contributed by atoms with Gasteiger partial charge in [0.05, 0.1) is 18.7 Å².